The van der Waals surface area contributed by atoms with Crippen LogP contribution in [0.2, 0.25) is 0 Å². The lowest BCUT2D eigenvalue weighted by Crippen LogP contribution is -2.29. The minimum atomic E-state index is -4.26. The number of anilines is 2. The Morgan fingerprint density at radius 3 is 2.72 bits per heavy atom. The SMILES string of the molecule is Nc1cc(NCc2cn3cc(C4CC4)cc(F)c3n2)ccc1S(=O)(=O)NC(=O)O. The van der Waals surface area contributed by atoms with Gasteiger partial charge in [-0.1, -0.05) is 0 Å². The topological polar surface area (TPSA) is 139 Å². The van der Waals surface area contributed by atoms with Crippen molar-refractivity contribution >= 4 is 33.1 Å². The third kappa shape index (κ3) is 3.94. The van der Waals surface area contributed by atoms with Crippen molar-refractivity contribution < 1.29 is 22.7 Å². The Morgan fingerprint density at radius 2 is 2.07 bits per heavy atom. The number of rotatable bonds is 6. The molecule has 152 valence electrons. The molecule has 1 amide bonds. The normalized spacial score (nSPS) is 14.1. The van der Waals surface area contributed by atoms with Crippen LogP contribution >= 0.6 is 0 Å². The van der Waals surface area contributed by atoms with Crippen molar-refractivity contribution in [2.45, 2.75) is 30.2 Å². The van der Waals surface area contributed by atoms with Crippen LogP contribution < -0.4 is 15.8 Å². The molecule has 29 heavy (non-hydrogen) atoms. The maximum absolute atomic E-state index is 14.3. The molecule has 0 unspecified atom stereocenters. The molecule has 0 radical (unpaired) electrons. The van der Waals surface area contributed by atoms with Crippen molar-refractivity contribution in [1.82, 2.24) is 14.1 Å². The van der Waals surface area contributed by atoms with Gasteiger partial charge in [-0.3, -0.25) is 0 Å². The molecule has 1 aliphatic carbocycles. The number of pyridine rings is 1. The number of imidazole rings is 1. The van der Waals surface area contributed by atoms with Gasteiger partial charge in [-0.25, -0.2) is 27.3 Å². The Kier molecular flexibility index (Phi) is 4.53. The summed E-state index contributed by atoms with van der Waals surface area (Å²) in [5.41, 5.74) is 7.96. The number of aromatic nitrogens is 2. The van der Waals surface area contributed by atoms with Crippen molar-refractivity contribution in [1.29, 1.82) is 0 Å². The molecular weight excluding hydrogens is 401 g/mol. The Bertz CT molecular complexity index is 1220. The molecule has 4 rings (SSSR count). The summed E-state index contributed by atoms with van der Waals surface area (Å²) in [7, 11) is -4.26. The van der Waals surface area contributed by atoms with E-state index in [1.807, 2.05) is 6.20 Å². The predicted octanol–water partition coefficient (Wildman–Crippen LogP) is 2.50. The van der Waals surface area contributed by atoms with Crippen molar-refractivity contribution in [3.8, 4) is 0 Å². The van der Waals surface area contributed by atoms with Crippen LogP contribution in [0.25, 0.3) is 5.65 Å². The lowest BCUT2D eigenvalue weighted by molar-refractivity contribution is 0.201. The highest BCUT2D eigenvalue weighted by Crippen LogP contribution is 2.40. The first-order valence-electron chi connectivity index (χ1n) is 8.79. The van der Waals surface area contributed by atoms with Crippen molar-refractivity contribution in [3.05, 3.63) is 53.7 Å². The summed E-state index contributed by atoms with van der Waals surface area (Å²) in [5, 5.41) is 11.7. The number of nitrogens with two attached hydrogens (primary N) is 1. The number of carbonyl (C=O) groups is 1. The fourth-order valence-electron chi connectivity index (χ4n) is 3.12. The molecule has 1 aromatic carbocycles. The lowest BCUT2D eigenvalue weighted by atomic mass is 10.2. The van der Waals surface area contributed by atoms with E-state index in [1.165, 1.54) is 29.0 Å². The lowest BCUT2D eigenvalue weighted by Gasteiger charge is -2.10. The molecule has 1 saturated carbocycles. The van der Waals surface area contributed by atoms with Crippen LogP contribution in [-0.4, -0.2) is 29.0 Å². The van der Waals surface area contributed by atoms with E-state index in [9.17, 15) is 17.6 Å². The molecule has 3 aromatic rings. The fraction of sp³-hybridized carbons (Fsp3) is 0.222. The number of nitrogens with zero attached hydrogens (tertiary/aromatic N) is 2. The largest absolute Gasteiger partial charge is 0.464 e. The highest BCUT2D eigenvalue weighted by molar-refractivity contribution is 7.90. The molecule has 0 saturated heterocycles. The summed E-state index contributed by atoms with van der Waals surface area (Å²) < 4.78 is 41.2. The van der Waals surface area contributed by atoms with Gasteiger partial charge in [0.25, 0.3) is 10.0 Å². The number of benzene rings is 1. The van der Waals surface area contributed by atoms with Crippen molar-refractivity contribution in [2.24, 2.45) is 0 Å². The Morgan fingerprint density at radius 1 is 1.31 bits per heavy atom. The summed E-state index contributed by atoms with van der Waals surface area (Å²) in [5.74, 6) is 0.0524. The highest BCUT2D eigenvalue weighted by Gasteiger charge is 2.25. The van der Waals surface area contributed by atoms with Gasteiger partial charge in [0.05, 0.1) is 17.9 Å². The van der Waals surface area contributed by atoms with Gasteiger partial charge in [-0.15, -0.1) is 0 Å². The summed E-state index contributed by atoms with van der Waals surface area (Å²) in [6.45, 7) is 0.263. The van der Waals surface area contributed by atoms with E-state index in [4.69, 9.17) is 10.8 Å². The van der Waals surface area contributed by atoms with E-state index in [-0.39, 0.29) is 28.6 Å². The molecule has 1 fully saturated rings. The summed E-state index contributed by atoms with van der Waals surface area (Å²) in [6, 6.07) is 5.56. The molecule has 2 heterocycles. The Hall–Kier alpha value is -3.34. The second-order valence-corrected chi connectivity index (χ2v) is 8.53. The average molecular weight is 419 g/mol. The average Bonchev–Trinajstić information content (AvgIpc) is 3.38. The maximum atomic E-state index is 14.3. The van der Waals surface area contributed by atoms with Crippen LogP contribution in [-0.2, 0) is 16.6 Å². The summed E-state index contributed by atoms with van der Waals surface area (Å²) in [6.07, 6.45) is 4.07. The fourth-order valence-corrected chi connectivity index (χ4v) is 4.08. The number of nitrogens with one attached hydrogen (secondary N) is 2. The first kappa shape index (κ1) is 19.0. The molecule has 9 nitrogen and oxygen atoms in total. The number of sulfonamides is 1. The van der Waals surface area contributed by atoms with Gasteiger partial charge in [0.2, 0.25) is 0 Å². The van der Waals surface area contributed by atoms with Crippen LogP contribution in [0.1, 0.15) is 30.0 Å². The number of nitrogen functional groups attached to an aromatic ring is 1. The Labute approximate surface area is 165 Å². The van der Waals surface area contributed by atoms with Crippen LogP contribution in [0, 0.1) is 5.82 Å². The molecular formula is C18H18FN5O4S. The molecule has 11 heteroatoms. The van der Waals surface area contributed by atoms with Crippen LogP contribution in [0.4, 0.5) is 20.6 Å². The first-order valence-corrected chi connectivity index (χ1v) is 10.3. The Balaban J connectivity index is 1.51. The molecule has 0 spiro atoms. The maximum Gasteiger partial charge on any atom is 0.418 e. The van der Waals surface area contributed by atoms with E-state index in [0.29, 0.717) is 17.3 Å². The zero-order chi connectivity index (χ0) is 20.8. The third-order valence-electron chi connectivity index (χ3n) is 4.62. The quantitative estimate of drug-likeness (QED) is 0.450. The summed E-state index contributed by atoms with van der Waals surface area (Å²) >= 11 is 0. The number of carboxylic acid groups (broad SMARTS) is 1. The highest BCUT2D eigenvalue weighted by atomic mass is 32.2. The van der Waals surface area contributed by atoms with Crippen LogP contribution in [0.5, 0.6) is 0 Å². The number of hydrogen-bond donors (Lipinski definition) is 4. The van der Waals surface area contributed by atoms with E-state index in [0.717, 1.165) is 18.4 Å². The number of amides is 1. The molecule has 0 atom stereocenters. The van der Waals surface area contributed by atoms with Gasteiger partial charge in [0.1, 0.15) is 4.90 Å². The number of halogens is 1. The van der Waals surface area contributed by atoms with Crippen LogP contribution in [0.15, 0.2) is 41.6 Å². The first-order chi connectivity index (χ1) is 13.7. The van der Waals surface area contributed by atoms with E-state index < -0.39 is 16.1 Å². The second kappa shape index (κ2) is 6.92. The van der Waals surface area contributed by atoms with Gasteiger partial charge in [0.15, 0.2) is 11.5 Å². The van der Waals surface area contributed by atoms with E-state index in [1.54, 1.807) is 10.6 Å². The molecule has 0 aliphatic heterocycles. The monoisotopic (exact) mass is 419 g/mol. The molecule has 5 N–H and O–H groups in total. The van der Waals surface area contributed by atoms with Crippen molar-refractivity contribution in [2.75, 3.05) is 11.1 Å². The molecule has 2 aromatic heterocycles. The van der Waals surface area contributed by atoms with Gasteiger partial charge < -0.3 is 20.6 Å². The van der Waals surface area contributed by atoms with Crippen molar-refractivity contribution in [3.63, 3.8) is 0 Å². The molecule has 1 aliphatic rings. The minimum absolute atomic E-state index is 0.112. The minimum Gasteiger partial charge on any atom is -0.464 e. The van der Waals surface area contributed by atoms with Gasteiger partial charge in [-0.05, 0) is 48.6 Å². The predicted molar refractivity (Wildman–Crippen MR) is 104 cm³/mol. The number of fused-ring (bicyclic) bond motifs is 1. The standard InChI is InChI=1S/C18H18FN5O4S/c19-14-5-11(10-1-2-10)8-24-9-13(22-17(14)24)7-21-12-3-4-16(15(20)6-12)29(27,28)23-18(25)26/h3-6,8-10,21,23H,1-2,7,20H2,(H,25,26). The zero-order valence-electron chi connectivity index (χ0n) is 15.1. The van der Waals surface area contributed by atoms with Crippen LogP contribution in [0.3, 0.4) is 0 Å². The van der Waals surface area contributed by atoms with Gasteiger partial charge >= 0.3 is 6.09 Å². The molecule has 0 bridgehead atoms. The van der Waals surface area contributed by atoms with E-state index >= 15 is 0 Å². The summed E-state index contributed by atoms with van der Waals surface area (Å²) in [4.78, 5) is 14.5. The van der Waals surface area contributed by atoms with E-state index in [2.05, 4.69) is 10.3 Å². The smallest absolute Gasteiger partial charge is 0.418 e. The van der Waals surface area contributed by atoms with Gasteiger partial charge in [-0.2, -0.15) is 0 Å². The second-order valence-electron chi connectivity index (χ2n) is 6.88. The third-order valence-corrected chi connectivity index (χ3v) is 6.01. The number of hydrogen-bond acceptors (Lipinski definition) is 6. The zero-order valence-corrected chi connectivity index (χ0v) is 15.9. The van der Waals surface area contributed by atoms with Gasteiger partial charge in [0, 0.05) is 18.1 Å².